The van der Waals surface area contributed by atoms with Crippen LogP contribution in [0, 0.1) is 5.92 Å². The number of hydrogen-bond acceptors (Lipinski definition) is 7. The van der Waals surface area contributed by atoms with Crippen LogP contribution in [-0.4, -0.2) is 71.7 Å². The molecule has 0 saturated carbocycles. The first kappa shape index (κ1) is 21.5. The maximum Gasteiger partial charge on any atom is 0.308 e. The number of aliphatic carboxylic acids is 1. The van der Waals surface area contributed by atoms with Crippen LogP contribution < -0.4 is 15.0 Å². The molecule has 2 heterocycles. The topological polar surface area (TPSA) is 108 Å². The van der Waals surface area contributed by atoms with Crippen LogP contribution in [-0.2, 0) is 9.59 Å². The first-order valence-corrected chi connectivity index (χ1v) is 9.96. The minimum atomic E-state index is -0.969. The Morgan fingerprint density at radius 3 is 2.70 bits per heavy atom. The Kier molecular flexibility index (Phi) is 7.56. The van der Waals surface area contributed by atoms with Gasteiger partial charge in [-0.1, -0.05) is 6.07 Å². The highest BCUT2D eigenvalue weighted by molar-refractivity contribution is 5.93. The summed E-state index contributed by atoms with van der Waals surface area (Å²) in [6.45, 7) is 3.31. The van der Waals surface area contributed by atoms with Gasteiger partial charge in [0.05, 0.1) is 13.0 Å². The molecule has 0 spiro atoms. The van der Waals surface area contributed by atoms with Crippen LogP contribution in [0.1, 0.15) is 12.8 Å². The summed E-state index contributed by atoms with van der Waals surface area (Å²) in [6.07, 6.45) is 4.22. The molecule has 1 aliphatic heterocycles. The van der Waals surface area contributed by atoms with E-state index in [1.54, 1.807) is 49.8 Å². The maximum absolute atomic E-state index is 12.4. The second kappa shape index (κ2) is 10.5. The van der Waals surface area contributed by atoms with Crippen molar-refractivity contribution in [3.05, 3.63) is 42.7 Å². The van der Waals surface area contributed by atoms with Crippen LogP contribution >= 0.6 is 0 Å². The van der Waals surface area contributed by atoms with Crippen LogP contribution in [0.4, 0.5) is 11.6 Å². The molecule has 1 aromatic heterocycles. The fourth-order valence-electron chi connectivity index (χ4n) is 3.49. The summed E-state index contributed by atoms with van der Waals surface area (Å²) in [5.41, 5.74) is 0.580. The van der Waals surface area contributed by atoms with Gasteiger partial charge in [-0.3, -0.25) is 9.59 Å². The van der Waals surface area contributed by atoms with Crippen LogP contribution in [0.15, 0.2) is 42.7 Å². The number of aromatic nitrogens is 2. The number of ether oxygens (including phenoxy) is 1. The largest absolute Gasteiger partial charge is 0.497 e. The number of carboxylic acid groups (broad SMARTS) is 1. The Hall–Kier alpha value is -3.20. The molecule has 1 saturated heterocycles. The number of amides is 1. The quantitative estimate of drug-likeness (QED) is 0.674. The van der Waals surface area contributed by atoms with Gasteiger partial charge >= 0.3 is 5.97 Å². The van der Waals surface area contributed by atoms with Gasteiger partial charge in [0.25, 0.3) is 0 Å². The number of carboxylic acids is 1. The number of anilines is 2. The van der Waals surface area contributed by atoms with Gasteiger partial charge in [0.2, 0.25) is 11.9 Å². The molecule has 3 rings (SSSR count). The van der Waals surface area contributed by atoms with Crippen LogP contribution in [0.5, 0.6) is 5.75 Å². The van der Waals surface area contributed by atoms with Crippen LogP contribution in [0.3, 0.4) is 0 Å². The van der Waals surface area contributed by atoms with Gasteiger partial charge in [0, 0.05) is 56.7 Å². The fourth-order valence-corrected chi connectivity index (χ4v) is 3.49. The van der Waals surface area contributed by atoms with Gasteiger partial charge in [-0.25, -0.2) is 9.97 Å². The van der Waals surface area contributed by atoms with Crippen molar-refractivity contribution in [3.63, 3.8) is 0 Å². The summed E-state index contributed by atoms with van der Waals surface area (Å²) in [5, 5.41) is 12.4. The molecule has 160 valence electrons. The third-order valence-corrected chi connectivity index (χ3v) is 5.04. The Morgan fingerprint density at radius 1 is 1.17 bits per heavy atom. The highest BCUT2D eigenvalue weighted by atomic mass is 16.5. The summed E-state index contributed by atoms with van der Waals surface area (Å²) in [7, 11) is 1.55. The van der Waals surface area contributed by atoms with E-state index < -0.39 is 11.9 Å². The average Bonchev–Trinajstić information content (AvgIpc) is 2.99. The molecule has 2 N–H and O–H groups in total. The predicted molar refractivity (Wildman–Crippen MR) is 113 cm³/mol. The Bertz CT molecular complexity index is 848. The van der Waals surface area contributed by atoms with Crippen molar-refractivity contribution >= 4 is 23.5 Å². The lowest BCUT2D eigenvalue weighted by Crippen LogP contribution is -2.38. The van der Waals surface area contributed by atoms with E-state index in [1.165, 1.54) is 0 Å². The smallest absolute Gasteiger partial charge is 0.308 e. The number of nitrogens with zero attached hydrogens (tertiary/aromatic N) is 4. The number of carbonyl (C=O) groups is 2. The van der Waals surface area contributed by atoms with Gasteiger partial charge < -0.3 is 25.0 Å². The second-order valence-corrected chi connectivity index (χ2v) is 7.21. The van der Waals surface area contributed by atoms with Crippen molar-refractivity contribution in [3.8, 4) is 5.75 Å². The van der Waals surface area contributed by atoms with E-state index in [0.29, 0.717) is 37.0 Å². The SMILES string of the molecule is COc1cccc(NC(=O)CC(CN2CCCN(c3ncccn3)CC2)C(=O)O)c1. The number of carbonyl (C=O) groups excluding carboxylic acids is 1. The summed E-state index contributed by atoms with van der Waals surface area (Å²) >= 11 is 0. The Balaban J connectivity index is 1.54. The van der Waals surface area contributed by atoms with Gasteiger partial charge in [-0.15, -0.1) is 0 Å². The highest BCUT2D eigenvalue weighted by Crippen LogP contribution is 2.18. The molecule has 9 heteroatoms. The Labute approximate surface area is 175 Å². The van der Waals surface area contributed by atoms with E-state index in [2.05, 4.69) is 25.1 Å². The molecular weight excluding hydrogens is 386 g/mol. The molecular formula is C21H27N5O4. The minimum absolute atomic E-state index is 0.0887. The molecule has 1 atom stereocenters. The lowest BCUT2D eigenvalue weighted by atomic mass is 10.0. The number of hydrogen-bond donors (Lipinski definition) is 2. The lowest BCUT2D eigenvalue weighted by Gasteiger charge is -2.24. The minimum Gasteiger partial charge on any atom is -0.497 e. The molecule has 30 heavy (non-hydrogen) atoms. The van der Waals surface area contributed by atoms with Crippen molar-refractivity contribution in [2.45, 2.75) is 12.8 Å². The van der Waals surface area contributed by atoms with Crippen molar-refractivity contribution in [1.82, 2.24) is 14.9 Å². The lowest BCUT2D eigenvalue weighted by molar-refractivity contribution is -0.144. The second-order valence-electron chi connectivity index (χ2n) is 7.21. The number of rotatable bonds is 8. The zero-order valence-electron chi connectivity index (χ0n) is 17.0. The first-order valence-electron chi connectivity index (χ1n) is 9.96. The van der Waals surface area contributed by atoms with Gasteiger partial charge in [0.15, 0.2) is 0 Å². The highest BCUT2D eigenvalue weighted by Gasteiger charge is 2.26. The third-order valence-electron chi connectivity index (χ3n) is 5.04. The van der Waals surface area contributed by atoms with E-state index in [4.69, 9.17) is 4.74 Å². The predicted octanol–water partition coefficient (Wildman–Crippen LogP) is 1.73. The molecule has 0 bridgehead atoms. The third kappa shape index (κ3) is 6.15. The molecule has 1 aliphatic rings. The molecule has 9 nitrogen and oxygen atoms in total. The molecule has 0 radical (unpaired) electrons. The molecule has 2 aromatic rings. The van der Waals surface area contributed by atoms with Crippen LogP contribution in [0.2, 0.25) is 0 Å². The zero-order valence-corrected chi connectivity index (χ0v) is 17.0. The van der Waals surface area contributed by atoms with Crippen molar-refractivity contribution in [2.75, 3.05) is 50.1 Å². The zero-order chi connectivity index (χ0) is 21.3. The normalized spacial score (nSPS) is 15.8. The molecule has 1 amide bonds. The average molecular weight is 413 g/mol. The summed E-state index contributed by atoms with van der Waals surface area (Å²) in [5.74, 6) is -0.769. The number of benzene rings is 1. The van der Waals surface area contributed by atoms with E-state index in [1.807, 2.05) is 0 Å². The van der Waals surface area contributed by atoms with Crippen molar-refractivity contribution in [2.24, 2.45) is 5.92 Å². The number of methoxy groups -OCH3 is 1. The standard InChI is InChI=1S/C21H27N5O4/c1-30-18-6-2-5-17(14-18)24-19(27)13-16(20(28)29)15-25-9-4-10-26(12-11-25)21-22-7-3-8-23-21/h2-3,5-8,14,16H,4,9-13,15H2,1H3,(H,24,27)(H,28,29). The summed E-state index contributed by atoms with van der Waals surface area (Å²) < 4.78 is 5.14. The van der Waals surface area contributed by atoms with E-state index in [0.717, 1.165) is 19.5 Å². The van der Waals surface area contributed by atoms with Crippen LogP contribution in [0.25, 0.3) is 0 Å². The first-order chi connectivity index (χ1) is 14.5. The van der Waals surface area contributed by atoms with Gasteiger partial charge in [-0.05, 0) is 31.2 Å². The monoisotopic (exact) mass is 413 g/mol. The van der Waals surface area contributed by atoms with Crippen molar-refractivity contribution < 1.29 is 19.4 Å². The molecule has 0 aliphatic carbocycles. The molecule has 1 fully saturated rings. The number of nitrogens with one attached hydrogen (secondary N) is 1. The van der Waals surface area contributed by atoms with E-state index in [-0.39, 0.29) is 12.3 Å². The Morgan fingerprint density at radius 2 is 1.97 bits per heavy atom. The van der Waals surface area contributed by atoms with Gasteiger partial charge in [-0.2, -0.15) is 0 Å². The summed E-state index contributed by atoms with van der Waals surface area (Å²) in [4.78, 5) is 37.0. The van der Waals surface area contributed by atoms with E-state index in [9.17, 15) is 14.7 Å². The van der Waals surface area contributed by atoms with Gasteiger partial charge in [0.1, 0.15) is 5.75 Å². The molecule has 1 aromatic carbocycles. The summed E-state index contributed by atoms with van der Waals surface area (Å²) in [6, 6.07) is 8.76. The fraction of sp³-hybridized carbons (Fsp3) is 0.429. The maximum atomic E-state index is 12.4. The van der Waals surface area contributed by atoms with Crippen molar-refractivity contribution in [1.29, 1.82) is 0 Å². The molecule has 1 unspecified atom stereocenters. The van der Waals surface area contributed by atoms with E-state index >= 15 is 0 Å².